The number of nitrogens with one attached hydrogen (secondary N) is 1. The van der Waals surface area contributed by atoms with Gasteiger partial charge >= 0.3 is 5.97 Å². The smallest absolute Gasteiger partial charge is 0.338 e. The van der Waals surface area contributed by atoms with Gasteiger partial charge in [0.25, 0.3) is 0 Å². The summed E-state index contributed by atoms with van der Waals surface area (Å²) in [4.78, 5) is 36.1. The predicted molar refractivity (Wildman–Crippen MR) is 108 cm³/mol. The van der Waals surface area contributed by atoms with Crippen LogP contribution in [0.5, 0.6) is 5.75 Å². The summed E-state index contributed by atoms with van der Waals surface area (Å²) in [6, 6.07) is 11.3. The second kappa shape index (κ2) is 10.4. The summed E-state index contributed by atoms with van der Waals surface area (Å²) in [5.41, 5.74) is 1.99. The van der Waals surface area contributed by atoms with Crippen molar-refractivity contribution in [3.63, 3.8) is 0 Å². The molecule has 1 atom stereocenters. The maximum atomic E-state index is 12.5. The molecular weight excluding hydrogens is 374 g/mol. The predicted octanol–water partition coefficient (Wildman–Crippen LogP) is 3.62. The number of carbonyl (C=O) groups excluding carboxylic acids is 3. The van der Waals surface area contributed by atoms with Crippen molar-refractivity contribution in [3.05, 3.63) is 59.2 Å². The Labute approximate surface area is 170 Å². The van der Waals surface area contributed by atoms with E-state index in [1.54, 1.807) is 49.6 Å². The molecule has 2 aromatic rings. The average molecular weight is 399 g/mol. The summed E-state index contributed by atoms with van der Waals surface area (Å²) in [5.74, 6) is -0.537. The molecule has 0 spiro atoms. The Hall–Kier alpha value is -3.19. The van der Waals surface area contributed by atoms with Gasteiger partial charge in [0.1, 0.15) is 5.75 Å². The fourth-order valence-electron chi connectivity index (χ4n) is 2.67. The number of hydrogen-bond acceptors (Lipinski definition) is 6. The zero-order valence-corrected chi connectivity index (χ0v) is 17.0. The number of ether oxygens (including phenoxy) is 3. The first kappa shape index (κ1) is 22.1. The lowest BCUT2D eigenvalue weighted by Crippen LogP contribution is -2.24. The van der Waals surface area contributed by atoms with Gasteiger partial charge in [0.05, 0.1) is 19.3 Å². The number of esters is 1. The van der Waals surface area contributed by atoms with E-state index in [1.165, 1.54) is 13.8 Å². The van der Waals surface area contributed by atoms with Gasteiger partial charge < -0.3 is 19.5 Å². The third kappa shape index (κ3) is 6.15. The first-order chi connectivity index (χ1) is 13.8. The van der Waals surface area contributed by atoms with Gasteiger partial charge in [0.2, 0.25) is 11.7 Å². The molecule has 0 fully saturated rings. The molecule has 0 heterocycles. The van der Waals surface area contributed by atoms with Gasteiger partial charge in [0.15, 0.2) is 6.10 Å². The van der Waals surface area contributed by atoms with Gasteiger partial charge in [-0.25, -0.2) is 4.79 Å². The molecule has 0 radical (unpaired) electrons. The second-order valence-corrected chi connectivity index (χ2v) is 6.33. The Bertz CT molecular complexity index is 875. The molecule has 0 aliphatic rings. The van der Waals surface area contributed by atoms with E-state index < -0.39 is 12.1 Å². The number of ketones is 1. The number of hydrogen-bond donors (Lipinski definition) is 1. The number of anilines is 1. The van der Waals surface area contributed by atoms with Crippen LogP contribution in [-0.2, 0) is 20.9 Å². The highest BCUT2D eigenvalue weighted by atomic mass is 16.5. The van der Waals surface area contributed by atoms with Crippen molar-refractivity contribution in [1.82, 2.24) is 0 Å². The monoisotopic (exact) mass is 399 g/mol. The first-order valence-electron chi connectivity index (χ1n) is 9.23. The number of Topliss-reactive ketones (excluding diaryl/α,β-unsaturated/α-hetero) is 1. The van der Waals surface area contributed by atoms with E-state index in [2.05, 4.69) is 5.32 Å². The molecule has 7 nitrogen and oxygen atoms in total. The summed E-state index contributed by atoms with van der Waals surface area (Å²) in [6.45, 7) is 5.63. The van der Waals surface area contributed by atoms with Crippen molar-refractivity contribution < 1.29 is 28.6 Å². The molecule has 0 aromatic heterocycles. The quantitative estimate of drug-likeness (QED) is 0.512. The summed E-state index contributed by atoms with van der Waals surface area (Å²) in [7, 11) is 1.54. The van der Waals surface area contributed by atoms with Crippen LogP contribution in [0.2, 0.25) is 0 Å². The lowest BCUT2D eigenvalue weighted by molar-refractivity contribution is -0.114. The van der Waals surface area contributed by atoms with E-state index in [9.17, 15) is 14.4 Å². The van der Waals surface area contributed by atoms with Crippen molar-refractivity contribution >= 4 is 23.3 Å². The maximum absolute atomic E-state index is 12.5. The molecule has 1 N–H and O–H groups in total. The zero-order chi connectivity index (χ0) is 21.4. The number of amides is 1. The van der Waals surface area contributed by atoms with E-state index in [1.807, 2.05) is 6.92 Å². The van der Waals surface area contributed by atoms with E-state index in [0.717, 1.165) is 5.56 Å². The van der Waals surface area contributed by atoms with Crippen LogP contribution in [-0.4, -0.2) is 37.5 Å². The van der Waals surface area contributed by atoms with E-state index in [4.69, 9.17) is 14.2 Å². The van der Waals surface area contributed by atoms with Crippen LogP contribution in [0.15, 0.2) is 42.5 Å². The fourth-order valence-corrected chi connectivity index (χ4v) is 2.67. The Morgan fingerprint density at radius 2 is 1.69 bits per heavy atom. The van der Waals surface area contributed by atoms with Gasteiger partial charge in [0, 0.05) is 30.3 Å². The number of rotatable bonds is 9. The SMILES string of the molecule is CCOCc1cc(C(=O)O[C@@H](C)C(=O)c2ccc(NC(C)=O)cc2)ccc1OC. The van der Waals surface area contributed by atoms with E-state index in [0.29, 0.717) is 35.8 Å². The lowest BCUT2D eigenvalue weighted by atomic mass is 10.1. The van der Waals surface area contributed by atoms with Gasteiger partial charge in [-0.2, -0.15) is 0 Å². The molecule has 7 heteroatoms. The topological polar surface area (TPSA) is 90.9 Å². The molecule has 29 heavy (non-hydrogen) atoms. The van der Waals surface area contributed by atoms with Gasteiger partial charge in [-0.15, -0.1) is 0 Å². The molecule has 1 amide bonds. The number of benzene rings is 2. The second-order valence-electron chi connectivity index (χ2n) is 6.33. The standard InChI is InChI=1S/C22H25NO6/c1-5-28-13-18-12-17(8-11-20(18)27-4)22(26)29-14(2)21(25)16-6-9-19(10-7-16)23-15(3)24/h6-12,14H,5,13H2,1-4H3,(H,23,24)/t14-/m0/s1. The van der Waals surface area contributed by atoms with Crippen LogP contribution in [0, 0.1) is 0 Å². The Balaban J connectivity index is 2.07. The molecule has 154 valence electrons. The maximum Gasteiger partial charge on any atom is 0.338 e. The van der Waals surface area contributed by atoms with Crippen LogP contribution in [0.25, 0.3) is 0 Å². The molecule has 0 aliphatic heterocycles. The van der Waals surface area contributed by atoms with Crippen LogP contribution in [0.4, 0.5) is 5.69 Å². The van der Waals surface area contributed by atoms with Gasteiger partial charge in [-0.3, -0.25) is 9.59 Å². The highest BCUT2D eigenvalue weighted by Gasteiger charge is 2.21. The summed E-state index contributed by atoms with van der Waals surface area (Å²) in [5, 5.41) is 2.63. The molecule has 2 aromatic carbocycles. The molecule has 0 bridgehead atoms. The summed E-state index contributed by atoms with van der Waals surface area (Å²) < 4.78 is 16.0. The third-order valence-corrected chi connectivity index (χ3v) is 4.12. The van der Waals surface area contributed by atoms with E-state index in [-0.39, 0.29) is 11.7 Å². The zero-order valence-electron chi connectivity index (χ0n) is 17.0. The van der Waals surface area contributed by atoms with E-state index >= 15 is 0 Å². The number of carbonyl (C=O) groups is 3. The third-order valence-electron chi connectivity index (χ3n) is 4.12. The van der Waals surface area contributed by atoms with Crippen molar-refractivity contribution in [2.75, 3.05) is 19.0 Å². The molecule has 0 aliphatic carbocycles. The lowest BCUT2D eigenvalue weighted by Gasteiger charge is -2.14. The minimum Gasteiger partial charge on any atom is -0.496 e. The van der Waals surface area contributed by atoms with Crippen LogP contribution in [0.3, 0.4) is 0 Å². The molecular formula is C22H25NO6. The summed E-state index contributed by atoms with van der Waals surface area (Å²) in [6.07, 6.45) is -0.966. The van der Waals surface area contributed by atoms with Crippen molar-refractivity contribution in [2.45, 2.75) is 33.5 Å². The average Bonchev–Trinajstić information content (AvgIpc) is 2.71. The number of methoxy groups -OCH3 is 1. The van der Waals surface area contributed by atoms with Gasteiger partial charge in [-0.1, -0.05) is 0 Å². The van der Waals surface area contributed by atoms with Gasteiger partial charge in [-0.05, 0) is 56.3 Å². The van der Waals surface area contributed by atoms with Crippen LogP contribution in [0.1, 0.15) is 47.1 Å². The Morgan fingerprint density at radius 1 is 1.03 bits per heavy atom. The van der Waals surface area contributed by atoms with Crippen molar-refractivity contribution in [2.24, 2.45) is 0 Å². The Morgan fingerprint density at radius 3 is 2.28 bits per heavy atom. The highest BCUT2D eigenvalue weighted by Crippen LogP contribution is 2.22. The normalized spacial score (nSPS) is 11.4. The van der Waals surface area contributed by atoms with Crippen molar-refractivity contribution in [1.29, 1.82) is 0 Å². The fraction of sp³-hybridized carbons (Fsp3) is 0.318. The minimum absolute atomic E-state index is 0.199. The van der Waals surface area contributed by atoms with Crippen molar-refractivity contribution in [3.8, 4) is 5.75 Å². The minimum atomic E-state index is -0.966. The molecule has 0 saturated carbocycles. The Kier molecular flexibility index (Phi) is 7.91. The summed E-state index contributed by atoms with van der Waals surface area (Å²) >= 11 is 0. The highest BCUT2D eigenvalue weighted by molar-refractivity contribution is 6.02. The molecule has 2 rings (SSSR count). The largest absolute Gasteiger partial charge is 0.496 e. The molecule has 0 saturated heterocycles. The van der Waals surface area contributed by atoms with Crippen LogP contribution < -0.4 is 10.1 Å². The van der Waals surface area contributed by atoms with Crippen LogP contribution >= 0.6 is 0 Å². The first-order valence-corrected chi connectivity index (χ1v) is 9.23. The molecule has 0 unspecified atom stereocenters.